The van der Waals surface area contributed by atoms with Crippen molar-refractivity contribution < 1.29 is 80.2 Å². The van der Waals surface area contributed by atoms with Crippen LogP contribution in [0.15, 0.2) is 0 Å². The van der Waals surface area contributed by atoms with Gasteiger partial charge in [0.05, 0.1) is 26.4 Å². The highest BCUT2D eigenvalue weighted by molar-refractivity contribution is 7.47. The average molecular weight is 1420 g/mol. The van der Waals surface area contributed by atoms with Gasteiger partial charge in [0.1, 0.15) is 19.3 Å². The van der Waals surface area contributed by atoms with Crippen LogP contribution in [0.5, 0.6) is 0 Å². The largest absolute Gasteiger partial charge is 0.472 e. The molecule has 3 N–H and O–H groups in total. The Balaban J connectivity index is 5.24. The van der Waals surface area contributed by atoms with Crippen LogP contribution < -0.4 is 0 Å². The van der Waals surface area contributed by atoms with E-state index in [1.807, 2.05) is 0 Å². The zero-order valence-corrected chi connectivity index (χ0v) is 65.2. The summed E-state index contributed by atoms with van der Waals surface area (Å²) in [6, 6.07) is 0. The Kier molecular flexibility index (Phi) is 68.4. The normalized spacial score (nSPS) is 14.0. The van der Waals surface area contributed by atoms with Gasteiger partial charge in [-0.25, -0.2) is 9.13 Å². The molecule has 0 aromatic heterocycles. The van der Waals surface area contributed by atoms with Crippen LogP contribution in [0.3, 0.4) is 0 Å². The smallest absolute Gasteiger partial charge is 0.462 e. The third-order valence-corrected chi connectivity index (χ3v) is 20.1. The molecule has 19 heteroatoms. The Labute approximate surface area is 594 Å². The van der Waals surface area contributed by atoms with Crippen molar-refractivity contribution in [3.05, 3.63) is 0 Å². The van der Waals surface area contributed by atoms with Crippen molar-refractivity contribution in [2.24, 2.45) is 11.8 Å². The fraction of sp³-hybridized carbons (Fsp3) is 0.949. The van der Waals surface area contributed by atoms with Crippen LogP contribution in [-0.2, 0) is 65.4 Å². The van der Waals surface area contributed by atoms with E-state index in [0.29, 0.717) is 25.7 Å². The van der Waals surface area contributed by atoms with Crippen LogP contribution in [0.25, 0.3) is 0 Å². The maximum Gasteiger partial charge on any atom is 0.472 e. The molecular formula is C78H152O17P2. The van der Waals surface area contributed by atoms with Crippen LogP contribution in [-0.4, -0.2) is 96.7 Å². The summed E-state index contributed by atoms with van der Waals surface area (Å²) in [5, 5.41) is 10.6. The Bertz CT molecular complexity index is 1870. The minimum atomic E-state index is -4.96. The Hall–Kier alpha value is -1.94. The second kappa shape index (κ2) is 69.8. The molecular weight excluding hydrogens is 1270 g/mol. The summed E-state index contributed by atoms with van der Waals surface area (Å²) < 4.78 is 68.6. The van der Waals surface area contributed by atoms with Gasteiger partial charge in [0.25, 0.3) is 0 Å². The molecule has 97 heavy (non-hydrogen) atoms. The number of esters is 4. The molecule has 0 aliphatic carbocycles. The number of rotatable bonds is 77. The van der Waals surface area contributed by atoms with Crippen LogP contribution in [0, 0.1) is 11.8 Å². The molecule has 0 aliphatic heterocycles. The fourth-order valence-corrected chi connectivity index (χ4v) is 13.6. The van der Waals surface area contributed by atoms with Crippen molar-refractivity contribution in [1.82, 2.24) is 0 Å². The van der Waals surface area contributed by atoms with E-state index >= 15 is 0 Å². The molecule has 0 aromatic carbocycles. The monoisotopic (exact) mass is 1420 g/mol. The van der Waals surface area contributed by atoms with Gasteiger partial charge in [-0.1, -0.05) is 356 Å². The summed E-state index contributed by atoms with van der Waals surface area (Å²) in [6.45, 7) is 9.66. The van der Waals surface area contributed by atoms with E-state index in [-0.39, 0.29) is 25.7 Å². The van der Waals surface area contributed by atoms with Gasteiger partial charge in [-0.05, 0) is 37.5 Å². The summed E-state index contributed by atoms with van der Waals surface area (Å²) in [5.74, 6) is -0.516. The Morgan fingerprint density at radius 3 is 0.701 bits per heavy atom. The second-order valence-corrected chi connectivity index (χ2v) is 32.0. The molecule has 0 amide bonds. The zero-order chi connectivity index (χ0) is 71.4. The predicted molar refractivity (Wildman–Crippen MR) is 395 cm³/mol. The molecule has 2 unspecified atom stereocenters. The first-order chi connectivity index (χ1) is 46.9. The number of aliphatic hydroxyl groups is 1. The SMILES string of the molecule is CCCCCCCCCCCCCCCC(=O)O[C@H](COC(=O)CCCCCCCCCCCC)COP(=O)(O)OC[C@H](O)COP(=O)(O)OC[C@@H](COC(=O)CCCCCCCCCCCCCCCCC(C)C)OC(=O)CCCCCCCCCCCCCCCCC(C)C. The standard InChI is InChI=1S/C78H152O17P2/c1-7-9-11-13-15-17-19-24-32-38-44-50-56-62-77(82)94-73(66-88-75(80)60-54-48-42-36-18-16-14-12-10-8-2)68-92-96(84,85)90-64-72(79)65-91-97(86,87)93-69-74(95-78(83)63-57-51-45-39-33-28-23-21-26-30-35-41-47-53-59-71(5)6)67-89-76(81)61-55-49-43-37-31-27-22-20-25-29-34-40-46-52-58-70(3)4/h70-74,79H,7-69H2,1-6H3,(H,84,85)(H,86,87)/t72-,73+,74+/m0/s1. The molecule has 0 fully saturated rings. The molecule has 0 spiro atoms. The van der Waals surface area contributed by atoms with Gasteiger partial charge in [0.15, 0.2) is 12.2 Å². The van der Waals surface area contributed by atoms with Crippen LogP contribution in [0.1, 0.15) is 408 Å². The van der Waals surface area contributed by atoms with Gasteiger partial charge in [-0.15, -0.1) is 0 Å². The lowest BCUT2D eigenvalue weighted by Crippen LogP contribution is -2.30. The number of unbranched alkanes of at least 4 members (excludes halogenated alkanes) is 47. The van der Waals surface area contributed by atoms with Crippen molar-refractivity contribution in [2.75, 3.05) is 39.6 Å². The molecule has 0 aliphatic rings. The number of phosphoric acid groups is 2. The summed E-state index contributed by atoms with van der Waals surface area (Å²) >= 11 is 0. The van der Waals surface area contributed by atoms with Gasteiger partial charge in [-0.2, -0.15) is 0 Å². The number of hydrogen-bond acceptors (Lipinski definition) is 15. The third kappa shape index (κ3) is 72.2. The number of aliphatic hydroxyl groups excluding tert-OH is 1. The number of ether oxygens (including phenoxy) is 4. The molecule has 5 atom stereocenters. The van der Waals surface area contributed by atoms with Crippen molar-refractivity contribution >= 4 is 39.5 Å². The molecule has 0 radical (unpaired) electrons. The van der Waals surface area contributed by atoms with Gasteiger partial charge in [-0.3, -0.25) is 37.3 Å². The van der Waals surface area contributed by atoms with Crippen molar-refractivity contribution in [1.29, 1.82) is 0 Å². The van der Waals surface area contributed by atoms with E-state index in [9.17, 15) is 43.2 Å². The van der Waals surface area contributed by atoms with E-state index in [0.717, 1.165) is 102 Å². The summed E-state index contributed by atoms with van der Waals surface area (Å²) in [5.41, 5.74) is 0. The van der Waals surface area contributed by atoms with E-state index in [1.54, 1.807) is 0 Å². The van der Waals surface area contributed by atoms with Gasteiger partial charge in [0.2, 0.25) is 0 Å². The summed E-state index contributed by atoms with van der Waals surface area (Å²) in [4.78, 5) is 72.9. The summed E-state index contributed by atoms with van der Waals surface area (Å²) in [6.07, 6.45) is 58.1. The van der Waals surface area contributed by atoms with Crippen LogP contribution in [0.4, 0.5) is 0 Å². The Morgan fingerprint density at radius 1 is 0.278 bits per heavy atom. The Morgan fingerprint density at radius 2 is 0.474 bits per heavy atom. The molecule has 0 saturated carbocycles. The van der Waals surface area contributed by atoms with Crippen molar-refractivity contribution in [3.8, 4) is 0 Å². The quantitative estimate of drug-likeness (QED) is 0.0222. The predicted octanol–water partition coefficient (Wildman–Crippen LogP) is 23.1. The summed E-state index contributed by atoms with van der Waals surface area (Å²) in [7, 11) is -9.91. The van der Waals surface area contributed by atoms with Gasteiger partial charge in [0, 0.05) is 25.7 Å². The van der Waals surface area contributed by atoms with Gasteiger partial charge < -0.3 is 33.8 Å². The number of hydrogen-bond donors (Lipinski definition) is 3. The highest BCUT2D eigenvalue weighted by atomic mass is 31.2. The molecule has 0 aromatic rings. The molecule has 0 saturated heterocycles. The first-order valence-corrected chi connectivity index (χ1v) is 43.5. The highest BCUT2D eigenvalue weighted by Crippen LogP contribution is 2.45. The molecule has 0 bridgehead atoms. The molecule has 0 rings (SSSR count). The van der Waals surface area contributed by atoms with E-state index < -0.39 is 97.5 Å². The maximum absolute atomic E-state index is 13.1. The van der Waals surface area contributed by atoms with Crippen molar-refractivity contribution in [3.63, 3.8) is 0 Å². The first-order valence-electron chi connectivity index (χ1n) is 40.5. The minimum Gasteiger partial charge on any atom is -0.462 e. The first kappa shape index (κ1) is 95.1. The maximum atomic E-state index is 13.1. The average Bonchev–Trinajstić information content (AvgIpc) is 1.03. The van der Waals surface area contributed by atoms with Crippen LogP contribution >= 0.6 is 15.6 Å². The van der Waals surface area contributed by atoms with E-state index in [1.165, 1.54) is 225 Å². The molecule has 576 valence electrons. The topological polar surface area (TPSA) is 237 Å². The van der Waals surface area contributed by atoms with Crippen molar-refractivity contribution in [2.45, 2.75) is 426 Å². The number of carbonyl (C=O) groups is 4. The minimum absolute atomic E-state index is 0.108. The number of carbonyl (C=O) groups excluding carboxylic acids is 4. The lowest BCUT2D eigenvalue weighted by Gasteiger charge is -2.21. The molecule has 17 nitrogen and oxygen atoms in total. The lowest BCUT2D eigenvalue weighted by atomic mass is 10.0. The zero-order valence-electron chi connectivity index (χ0n) is 63.4. The van der Waals surface area contributed by atoms with E-state index in [4.69, 9.17) is 37.0 Å². The number of phosphoric ester groups is 2. The highest BCUT2D eigenvalue weighted by Gasteiger charge is 2.30. The van der Waals surface area contributed by atoms with Gasteiger partial charge >= 0.3 is 39.5 Å². The second-order valence-electron chi connectivity index (χ2n) is 29.1. The van der Waals surface area contributed by atoms with E-state index in [2.05, 4.69) is 41.5 Å². The van der Waals surface area contributed by atoms with Crippen LogP contribution in [0.2, 0.25) is 0 Å². The molecule has 0 heterocycles. The lowest BCUT2D eigenvalue weighted by molar-refractivity contribution is -0.161. The fourth-order valence-electron chi connectivity index (χ4n) is 12.0. The third-order valence-electron chi connectivity index (χ3n) is 18.2.